The second-order valence-corrected chi connectivity index (χ2v) is 9.52. The molecule has 0 bridgehead atoms. The van der Waals surface area contributed by atoms with Gasteiger partial charge in [0.2, 0.25) is 11.8 Å². The molecule has 7 nitrogen and oxygen atoms in total. The number of carbonyl (C=O) groups excluding carboxylic acids is 2. The molecule has 1 aliphatic heterocycles. The van der Waals surface area contributed by atoms with E-state index in [-0.39, 0.29) is 35.4 Å². The van der Waals surface area contributed by atoms with Crippen molar-refractivity contribution < 1.29 is 32.2 Å². The first-order valence-corrected chi connectivity index (χ1v) is 11.1. The molecule has 1 aliphatic rings. The normalized spacial score (nSPS) is 16.6. The Kier molecular flexibility index (Phi) is 9.39. The summed E-state index contributed by atoms with van der Waals surface area (Å²) < 4.78 is 45.9. The van der Waals surface area contributed by atoms with Crippen molar-refractivity contribution >= 4 is 17.5 Å². The van der Waals surface area contributed by atoms with Gasteiger partial charge in [-0.3, -0.25) is 9.59 Å². The zero-order valence-electron chi connectivity index (χ0n) is 19.6. The van der Waals surface area contributed by atoms with Crippen molar-refractivity contribution in [3.63, 3.8) is 0 Å². The predicted octanol–water partition coefficient (Wildman–Crippen LogP) is 3.80. The third-order valence-corrected chi connectivity index (χ3v) is 5.10. The van der Waals surface area contributed by atoms with Crippen LogP contribution in [0, 0.1) is 11.3 Å². The number of rotatable bonds is 9. The van der Waals surface area contributed by atoms with Gasteiger partial charge in [0.25, 0.3) is 0 Å². The summed E-state index contributed by atoms with van der Waals surface area (Å²) in [6.07, 6.45) is -4.03. The highest BCUT2D eigenvalue weighted by molar-refractivity contribution is 5.86. The van der Waals surface area contributed by atoms with Gasteiger partial charge in [-0.05, 0) is 43.0 Å². The lowest BCUT2D eigenvalue weighted by Crippen LogP contribution is -2.45. The number of nitrogens with zero attached hydrogens (tertiary/aromatic N) is 1. The lowest BCUT2D eigenvalue weighted by atomic mass is 9.82. The maximum Gasteiger partial charge on any atom is 0.573 e. The fraction of sp³-hybridized carbons (Fsp3) is 0.652. The number of anilines is 1. The molecule has 10 heteroatoms. The van der Waals surface area contributed by atoms with E-state index in [9.17, 15) is 22.8 Å². The van der Waals surface area contributed by atoms with E-state index >= 15 is 0 Å². The van der Waals surface area contributed by atoms with Gasteiger partial charge < -0.3 is 25.0 Å². The Bertz CT molecular complexity index is 773. The van der Waals surface area contributed by atoms with E-state index in [1.165, 1.54) is 24.3 Å². The summed E-state index contributed by atoms with van der Waals surface area (Å²) in [5.74, 6) is -0.990. The smallest absolute Gasteiger partial charge is 0.406 e. The Hall–Kier alpha value is -2.49. The summed E-state index contributed by atoms with van der Waals surface area (Å²) in [6, 6.07) is 5.12. The molecule has 1 saturated heterocycles. The van der Waals surface area contributed by atoms with Gasteiger partial charge in [0.05, 0.1) is 13.2 Å². The number of hydrogen-bond acceptors (Lipinski definition) is 5. The van der Waals surface area contributed by atoms with Gasteiger partial charge in [0.15, 0.2) is 0 Å². The summed E-state index contributed by atoms with van der Waals surface area (Å²) in [5, 5.41) is 6.03. The highest BCUT2D eigenvalue weighted by Gasteiger charge is 2.31. The molecule has 1 aromatic rings. The van der Waals surface area contributed by atoms with Crippen LogP contribution in [-0.2, 0) is 14.3 Å². The highest BCUT2D eigenvalue weighted by Crippen LogP contribution is 2.27. The largest absolute Gasteiger partial charge is 0.573 e. The van der Waals surface area contributed by atoms with Gasteiger partial charge >= 0.3 is 6.36 Å². The average molecular weight is 474 g/mol. The zero-order valence-corrected chi connectivity index (χ0v) is 19.6. The minimum absolute atomic E-state index is 0.0466. The van der Waals surface area contributed by atoms with Gasteiger partial charge in [-0.2, -0.15) is 0 Å². The third-order valence-electron chi connectivity index (χ3n) is 5.10. The van der Waals surface area contributed by atoms with Crippen molar-refractivity contribution in [1.29, 1.82) is 0 Å². The van der Waals surface area contributed by atoms with E-state index in [0.29, 0.717) is 45.0 Å². The van der Waals surface area contributed by atoms with E-state index in [0.717, 1.165) is 0 Å². The summed E-state index contributed by atoms with van der Waals surface area (Å²) in [5.41, 5.74) is 0.467. The van der Waals surface area contributed by atoms with Crippen molar-refractivity contribution in [3.8, 4) is 5.75 Å². The van der Waals surface area contributed by atoms with Crippen LogP contribution >= 0.6 is 0 Å². The zero-order chi connectivity index (χ0) is 24.6. The van der Waals surface area contributed by atoms with Gasteiger partial charge in [-0.1, -0.05) is 20.8 Å². The summed E-state index contributed by atoms with van der Waals surface area (Å²) >= 11 is 0. The molecular formula is C23H34F3N3O4. The summed E-state index contributed by atoms with van der Waals surface area (Å²) in [6.45, 7) is 10.4. The van der Waals surface area contributed by atoms with E-state index in [1.54, 1.807) is 4.90 Å². The van der Waals surface area contributed by atoms with Crippen LogP contribution in [-0.4, -0.2) is 62.0 Å². The van der Waals surface area contributed by atoms with Crippen molar-refractivity contribution in [2.45, 2.75) is 52.9 Å². The summed E-state index contributed by atoms with van der Waals surface area (Å²) in [7, 11) is 0. The van der Waals surface area contributed by atoms with E-state index in [1.807, 2.05) is 27.7 Å². The molecule has 1 fully saturated rings. The topological polar surface area (TPSA) is 79.9 Å². The minimum atomic E-state index is -4.74. The van der Waals surface area contributed by atoms with Gasteiger partial charge in [0, 0.05) is 43.7 Å². The van der Waals surface area contributed by atoms with Gasteiger partial charge in [-0.25, -0.2) is 0 Å². The quantitative estimate of drug-likeness (QED) is 0.570. The first-order valence-electron chi connectivity index (χ1n) is 11.1. The van der Waals surface area contributed by atoms with Crippen molar-refractivity contribution in [2.24, 2.45) is 11.3 Å². The fourth-order valence-corrected chi connectivity index (χ4v) is 3.61. The van der Waals surface area contributed by atoms with Crippen LogP contribution in [0.4, 0.5) is 18.9 Å². The number of halogens is 3. The van der Waals surface area contributed by atoms with Crippen molar-refractivity contribution in [3.05, 3.63) is 24.3 Å². The Labute approximate surface area is 193 Å². The van der Waals surface area contributed by atoms with Crippen LogP contribution in [0.2, 0.25) is 0 Å². The number of nitrogens with one attached hydrogen (secondary N) is 2. The molecule has 0 radical (unpaired) electrons. The molecular weight excluding hydrogens is 439 g/mol. The van der Waals surface area contributed by atoms with Crippen LogP contribution in [0.1, 0.15) is 40.5 Å². The molecule has 2 amide bonds. The number of morpholine rings is 1. The number of hydrogen-bond donors (Lipinski definition) is 2. The van der Waals surface area contributed by atoms with E-state index in [2.05, 4.69) is 15.4 Å². The molecule has 2 N–H and O–H groups in total. The Morgan fingerprint density at radius 2 is 1.73 bits per heavy atom. The monoisotopic (exact) mass is 473 g/mol. The van der Waals surface area contributed by atoms with Gasteiger partial charge in [0.1, 0.15) is 5.75 Å². The number of ether oxygens (including phenoxy) is 2. The molecule has 2 rings (SSSR count). The molecule has 186 valence electrons. The Morgan fingerprint density at radius 1 is 1.12 bits per heavy atom. The SMILES string of the molecule is C[C@@H](CNc1ccc(OC(F)(F)F)cc1)NC(=O)[C@@H](CC(=O)N1CCOCC1)CC(C)(C)C. The van der Waals surface area contributed by atoms with E-state index < -0.39 is 12.3 Å². The van der Waals surface area contributed by atoms with Gasteiger partial charge in [-0.15, -0.1) is 13.2 Å². The lowest BCUT2D eigenvalue weighted by Gasteiger charge is -2.30. The molecule has 1 aromatic carbocycles. The first-order chi connectivity index (χ1) is 15.3. The molecule has 0 unspecified atom stereocenters. The number of benzene rings is 1. The Morgan fingerprint density at radius 3 is 2.27 bits per heavy atom. The molecule has 0 spiro atoms. The maximum absolute atomic E-state index is 13.0. The second kappa shape index (κ2) is 11.6. The first kappa shape index (κ1) is 26.8. The van der Waals surface area contributed by atoms with Crippen LogP contribution in [0.5, 0.6) is 5.75 Å². The second-order valence-electron chi connectivity index (χ2n) is 9.52. The molecule has 0 aromatic heterocycles. The number of alkyl halides is 3. The molecule has 1 heterocycles. The number of carbonyl (C=O) groups is 2. The molecule has 0 saturated carbocycles. The predicted molar refractivity (Wildman–Crippen MR) is 119 cm³/mol. The maximum atomic E-state index is 13.0. The van der Waals surface area contributed by atoms with E-state index in [4.69, 9.17) is 4.74 Å². The molecule has 0 aliphatic carbocycles. The minimum Gasteiger partial charge on any atom is -0.406 e. The number of amides is 2. The highest BCUT2D eigenvalue weighted by atomic mass is 19.4. The summed E-state index contributed by atoms with van der Waals surface area (Å²) in [4.78, 5) is 27.4. The lowest BCUT2D eigenvalue weighted by molar-refractivity contribution is -0.274. The standard InChI is InChI=1S/C23H34F3N3O4/c1-16(15-27-18-5-7-19(8-6-18)33-23(24,25)26)28-21(31)17(14-22(2,3)4)13-20(30)29-9-11-32-12-10-29/h5-8,16-17,27H,9-15H2,1-4H3,(H,28,31)/t16-,17-/m0/s1. The van der Waals surface area contributed by atoms with Crippen molar-refractivity contribution in [1.82, 2.24) is 10.2 Å². The van der Waals surface area contributed by atoms with Crippen LogP contribution in [0.15, 0.2) is 24.3 Å². The average Bonchev–Trinajstić information content (AvgIpc) is 2.71. The van der Waals surface area contributed by atoms with Crippen LogP contribution in [0.3, 0.4) is 0 Å². The van der Waals surface area contributed by atoms with Crippen LogP contribution < -0.4 is 15.4 Å². The van der Waals surface area contributed by atoms with Crippen molar-refractivity contribution in [2.75, 3.05) is 38.2 Å². The third kappa shape index (κ3) is 10.3. The molecule has 2 atom stereocenters. The molecule has 33 heavy (non-hydrogen) atoms. The van der Waals surface area contributed by atoms with Crippen LogP contribution in [0.25, 0.3) is 0 Å². The fourth-order valence-electron chi connectivity index (χ4n) is 3.61. The Balaban J connectivity index is 1.89.